The summed E-state index contributed by atoms with van der Waals surface area (Å²) >= 11 is 1.63. The predicted octanol–water partition coefficient (Wildman–Crippen LogP) is 1.00. The van der Waals surface area contributed by atoms with E-state index < -0.39 is 24.0 Å². The van der Waals surface area contributed by atoms with Crippen LogP contribution in [0.15, 0.2) is 24.3 Å². The van der Waals surface area contributed by atoms with E-state index in [0.29, 0.717) is 25.9 Å². The van der Waals surface area contributed by atoms with Crippen molar-refractivity contribution < 1.29 is 19.7 Å². The summed E-state index contributed by atoms with van der Waals surface area (Å²) in [5.74, 6) is 0. The fourth-order valence-corrected chi connectivity index (χ4v) is 4.88. The number of hydrogen-bond acceptors (Lipinski definition) is 7. The Morgan fingerprint density at radius 3 is 2.42 bits per heavy atom. The number of benzene rings is 1. The van der Waals surface area contributed by atoms with Crippen LogP contribution in [0.3, 0.4) is 0 Å². The largest absolute Gasteiger partial charge is 0.389 e. The molecule has 0 aliphatic carbocycles. The SMILES string of the molecule is OC1[C@H](O)CN(CC2(F)CCN(c3nc4ccccc4s3)CC2)C[C@@H]1O. The summed E-state index contributed by atoms with van der Waals surface area (Å²) in [6.07, 6.45) is -2.46. The fraction of sp³-hybridized carbons (Fsp3) is 0.611. The Labute approximate surface area is 155 Å². The van der Waals surface area contributed by atoms with E-state index >= 15 is 4.39 Å². The van der Waals surface area contributed by atoms with E-state index in [1.165, 1.54) is 0 Å². The highest BCUT2D eigenvalue weighted by Crippen LogP contribution is 2.34. The summed E-state index contributed by atoms with van der Waals surface area (Å²) in [4.78, 5) is 8.49. The molecule has 0 amide bonds. The van der Waals surface area contributed by atoms with Gasteiger partial charge in [-0.15, -0.1) is 0 Å². The Hall–Kier alpha value is -1.32. The average Bonchev–Trinajstić information content (AvgIpc) is 3.04. The summed E-state index contributed by atoms with van der Waals surface area (Å²) < 4.78 is 16.4. The molecule has 3 N–H and O–H groups in total. The van der Waals surface area contributed by atoms with Crippen molar-refractivity contribution in [2.24, 2.45) is 0 Å². The summed E-state index contributed by atoms with van der Waals surface area (Å²) in [5, 5.41) is 30.2. The lowest BCUT2D eigenvalue weighted by Gasteiger charge is -2.42. The third-order valence-electron chi connectivity index (χ3n) is 5.40. The number of fused-ring (bicyclic) bond motifs is 1. The average molecular weight is 381 g/mol. The second-order valence-corrected chi connectivity index (χ2v) is 8.43. The number of aliphatic hydroxyl groups excluding tert-OH is 3. The molecule has 1 aromatic heterocycles. The normalized spacial score (nSPS) is 30.0. The van der Waals surface area contributed by atoms with Gasteiger partial charge in [0.1, 0.15) is 11.8 Å². The molecule has 0 bridgehead atoms. The van der Waals surface area contributed by atoms with Crippen molar-refractivity contribution >= 4 is 26.7 Å². The minimum atomic E-state index is -1.35. The monoisotopic (exact) mass is 381 g/mol. The molecule has 1 aromatic carbocycles. The molecule has 1 unspecified atom stereocenters. The van der Waals surface area contributed by atoms with Gasteiger partial charge in [0, 0.05) is 45.6 Å². The van der Waals surface area contributed by atoms with E-state index in [1.807, 2.05) is 24.3 Å². The second kappa shape index (κ2) is 7.01. The van der Waals surface area contributed by atoms with Gasteiger partial charge in [-0.2, -0.15) is 0 Å². The second-order valence-electron chi connectivity index (χ2n) is 7.42. The molecule has 4 rings (SSSR count). The molecule has 3 heterocycles. The molecule has 2 fully saturated rings. The molecule has 0 radical (unpaired) electrons. The van der Waals surface area contributed by atoms with Crippen molar-refractivity contribution in [3.63, 3.8) is 0 Å². The molecule has 0 saturated carbocycles. The van der Waals surface area contributed by atoms with Crippen molar-refractivity contribution in [2.75, 3.05) is 37.6 Å². The lowest BCUT2D eigenvalue weighted by atomic mass is 9.91. The summed E-state index contributed by atoms with van der Waals surface area (Å²) in [6, 6.07) is 7.99. The Kier molecular flexibility index (Phi) is 4.87. The third kappa shape index (κ3) is 3.57. The highest BCUT2D eigenvalue weighted by Gasteiger charge is 2.41. The quantitative estimate of drug-likeness (QED) is 0.736. The molecule has 142 valence electrons. The molecule has 2 aromatic rings. The standard InChI is InChI=1S/C18H24FN3O3S/c19-18(11-21-9-13(23)16(25)14(24)10-21)5-7-22(8-6-18)17-20-12-3-1-2-4-15(12)26-17/h1-4,13-14,16,23-25H,5-11H2/t13-,14+,16?. The Bertz CT molecular complexity index is 720. The first-order valence-electron chi connectivity index (χ1n) is 8.99. The number of thiazole rings is 1. The minimum absolute atomic E-state index is 0.168. The molecular formula is C18H24FN3O3S. The van der Waals surface area contributed by atoms with Crippen LogP contribution in [0.1, 0.15) is 12.8 Å². The number of anilines is 1. The first-order chi connectivity index (χ1) is 12.4. The number of β-amino-alcohol motifs (C(OH)–C–C–N with tert-alkyl or cyclic N) is 2. The van der Waals surface area contributed by atoms with Crippen molar-refractivity contribution in [2.45, 2.75) is 36.8 Å². The van der Waals surface area contributed by atoms with Crippen LogP contribution < -0.4 is 4.90 Å². The molecule has 26 heavy (non-hydrogen) atoms. The van der Waals surface area contributed by atoms with Crippen molar-refractivity contribution in [3.8, 4) is 0 Å². The van der Waals surface area contributed by atoms with Gasteiger partial charge in [0.15, 0.2) is 5.13 Å². The Balaban J connectivity index is 1.37. The maximum absolute atomic E-state index is 15.3. The number of piperidine rings is 2. The van der Waals surface area contributed by atoms with Gasteiger partial charge in [0.25, 0.3) is 0 Å². The van der Waals surface area contributed by atoms with Gasteiger partial charge in [-0.25, -0.2) is 9.37 Å². The van der Waals surface area contributed by atoms with E-state index in [1.54, 1.807) is 16.2 Å². The van der Waals surface area contributed by atoms with Crippen molar-refractivity contribution in [3.05, 3.63) is 24.3 Å². The van der Waals surface area contributed by atoms with Gasteiger partial charge in [-0.05, 0) is 12.1 Å². The molecule has 2 saturated heterocycles. The highest BCUT2D eigenvalue weighted by molar-refractivity contribution is 7.22. The zero-order valence-corrected chi connectivity index (χ0v) is 15.3. The smallest absolute Gasteiger partial charge is 0.186 e. The Morgan fingerprint density at radius 2 is 1.77 bits per heavy atom. The molecule has 0 spiro atoms. The zero-order valence-electron chi connectivity index (χ0n) is 14.5. The number of aliphatic hydroxyl groups is 3. The van der Waals surface area contributed by atoms with Crippen LogP contribution >= 0.6 is 11.3 Å². The zero-order chi connectivity index (χ0) is 18.3. The van der Waals surface area contributed by atoms with E-state index in [4.69, 9.17) is 0 Å². The van der Waals surface area contributed by atoms with Crippen LogP contribution in [0, 0.1) is 0 Å². The van der Waals surface area contributed by atoms with Crippen LogP contribution in [-0.2, 0) is 0 Å². The molecular weight excluding hydrogens is 357 g/mol. The van der Waals surface area contributed by atoms with Gasteiger partial charge in [-0.3, -0.25) is 4.90 Å². The lowest BCUT2D eigenvalue weighted by molar-refractivity contribution is -0.118. The van der Waals surface area contributed by atoms with Crippen LogP contribution in [0.25, 0.3) is 10.2 Å². The first kappa shape index (κ1) is 18.1. The molecule has 8 heteroatoms. The number of aromatic nitrogens is 1. The topological polar surface area (TPSA) is 80.1 Å². The van der Waals surface area contributed by atoms with Gasteiger partial charge >= 0.3 is 0 Å². The van der Waals surface area contributed by atoms with Crippen LogP contribution in [0.2, 0.25) is 0 Å². The number of halogens is 1. The maximum Gasteiger partial charge on any atom is 0.186 e. The maximum atomic E-state index is 15.3. The molecule has 2 aliphatic heterocycles. The van der Waals surface area contributed by atoms with Crippen LogP contribution in [-0.4, -0.2) is 81.9 Å². The number of nitrogens with zero attached hydrogens (tertiary/aromatic N) is 3. The van der Waals surface area contributed by atoms with Crippen molar-refractivity contribution in [1.29, 1.82) is 0 Å². The van der Waals surface area contributed by atoms with E-state index in [2.05, 4.69) is 9.88 Å². The van der Waals surface area contributed by atoms with E-state index in [-0.39, 0.29) is 19.6 Å². The van der Waals surface area contributed by atoms with Gasteiger partial charge < -0.3 is 20.2 Å². The molecule has 6 nitrogen and oxygen atoms in total. The van der Waals surface area contributed by atoms with E-state index in [9.17, 15) is 15.3 Å². The minimum Gasteiger partial charge on any atom is -0.389 e. The van der Waals surface area contributed by atoms with Crippen LogP contribution in [0.5, 0.6) is 0 Å². The van der Waals surface area contributed by atoms with E-state index in [0.717, 1.165) is 15.3 Å². The Morgan fingerprint density at radius 1 is 1.12 bits per heavy atom. The summed E-state index contributed by atoms with van der Waals surface area (Å²) in [6.45, 7) is 1.73. The van der Waals surface area contributed by atoms with Crippen LogP contribution in [0.4, 0.5) is 9.52 Å². The lowest BCUT2D eigenvalue weighted by Crippen LogP contribution is -2.58. The first-order valence-corrected chi connectivity index (χ1v) is 9.81. The third-order valence-corrected chi connectivity index (χ3v) is 6.50. The number of likely N-dealkylation sites (tertiary alicyclic amines) is 1. The number of hydrogen-bond donors (Lipinski definition) is 3. The van der Waals surface area contributed by atoms with Gasteiger partial charge in [0.05, 0.1) is 22.4 Å². The van der Waals surface area contributed by atoms with Gasteiger partial charge in [0.2, 0.25) is 0 Å². The summed E-state index contributed by atoms with van der Waals surface area (Å²) in [7, 11) is 0. The number of rotatable bonds is 3. The van der Waals surface area contributed by atoms with Crippen molar-refractivity contribution in [1.82, 2.24) is 9.88 Å². The highest BCUT2D eigenvalue weighted by atomic mass is 32.1. The fourth-order valence-electron chi connectivity index (χ4n) is 3.86. The number of alkyl halides is 1. The predicted molar refractivity (Wildman–Crippen MR) is 99.4 cm³/mol. The van der Waals surface area contributed by atoms with Gasteiger partial charge in [-0.1, -0.05) is 23.5 Å². The molecule has 2 aliphatic rings. The summed E-state index contributed by atoms with van der Waals surface area (Å²) in [5.41, 5.74) is -0.381. The number of para-hydroxylation sites is 1. The molecule has 3 atom stereocenters.